The van der Waals surface area contributed by atoms with E-state index in [-0.39, 0.29) is 11.9 Å². The molecule has 6 heteroatoms. The molecule has 0 aromatic heterocycles. The zero-order valence-corrected chi connectivity index (χ0v) is 16.2. The van der Waals surface area contributed by atoms with Crippen molar-refractivity contribution in [2.24, 2.45) is 5.10 Å². The first-order chi connectivity index (χ1) is 13.6. The van der Waals surface area contributed by atoms with Crippen molar-refractivity contribution in [2.45, 2.75) is 18.7 Å². The second kappa shape index (κ2) is 6.80. The fourth-order valence-electron chi connectivity index (χ4n) is 3.76. The summed E-state index contributed by atoms with van der Waals surface area (Å²) in [6, 6.07) is 19.6. The van der Waals surface area contributed by atoms with E-state index in [1.54, 1.807) is 12.1 Å². The van der Waals surface area contributed by atoms with Crippen LogP contribution in [-0.4, -0.2) is 10.7 Å². The minimum Gasteiger partial charge on any atom is -0.464 e. The maximum Gasteiger partial charge on any atom is 0.213 e. The fourth-order valence-corrected chi connectivity index (χ4v) is 4.06. The fraction of sp³-hybridized carbons (Fsp3) is 0.136. The van der Waals surface area contributed by atoms with E-state index < -0.39 is 6.23 Å². The van der Waals surface area contributed by atoms with E-state index in [0.717, 1.165) is 22.6 Å². The van der Waals surface area contributed by atoms with E-state index in [1.165, 1.54) is 12.1 Å². The van der Waals surface area contributed by atoms with Gasteiger partial charge >= 0.3 is 0 Å². The summed E-state index contributed by atoms with van der Waals surface area (Å²) in [6.07, 6.45) is 0.184. The molecule has 140 valence electrons. The molecule has 0 N–H and O–H groups in total. The van der Waals surface area contributed by atoms with E-state index >= 15 is 0 Å². The topological polar surface area (TPSA) is 24.8 Å². The largest absolute Gasteiger partial charge is 0.464 e. The molecule has 0 fully saturated rings. The second-order valence-electron chi connectivity index (χ2n) is 6.86. The lowest BCUT2D eigenvalue weighted by molar-refractivity contribution is -0.0192. The molecule has 2 heterocycles. The molecule has 3 aromatic rings. The second-order valence-corrected chi connectivity index (χ2v) is 7.73. The Balaban J connectivity index is 1.61. The third kappa shape index (κ3) is 3.03. The van der Waals surface area contributed by atoms with Crippen LogP contribution in [0.2, 0.25) is 10.0 Å². The van der Waals surface area contributed by atoms with Crippen LogP contribution in [0.5, 0.6) is 5.75 Å². The van der Waals surface area contributed by atoms with Crippen LogP contribution >= 0.6 is 23.2 Å². The Bertz CT molecular complexity index is 1080. The number of rotatable bonds is 2. The van der Waals surface area contributed by atoms with Gasteiger partial charge in [-0.1, -0.05) is 47.5 Å². The third-order valence-electron chi connectivity index (χ3n) is 5.06. The monoisotopic (exact) mass is 412 g/mol. The van der Waals surface area contributed by atoms with Crippen molar-refractivity contribution in [1.82, 2.24) is 5.01 Å². The normalized spacial score (nSPS) is 20.2. The van der Waals surface area contributed by atoms with Gasteiger partial charge < -0.3 is 4.74 Å². The highest BCUT2D eigenvalue weighted by atomic mass is 35.5. The lowest BCUT2D eigenvalue weighted by Crippen LogP contribution is -2.33. The lowest BCUT2D eigenvalue weighted by Gasteiger charge is -2.38. The first kappa shape index (κ1) is 17.5. The number of benzene rings is 3. The Hall–Kier alpha value is -2.56. The van der Waals surface area contributed by atoms with Crippen molar-refractivity contribution in [3.63, 3.8) is 0 Å². The molecule has 3 aromatic carbocycles. The zero-order chi connectivity index (χ0) is 19.3. The zero-order valence-electron chi connectivity index (χ0n) is 14.6. The van der Waals surface area contributed by atoms with Crippen LogP contribution in [0, 0.1) is 5.82 Å². The summed E-state index contributed by atoms with van der Waals surface area (Å²) in [6.45, 7) is 0. The average Bonchev–Trinajstić information content (AvgIpc) is 3.14. The summed E-state index contributed by atoms with van der Waals surface area (Å²) in [5.74, 6) is 0.438. The molecule has 0 saturated heterocycles. The van der Waals surface area contributed by atoms with Crippen LogP contribution in [0.25, 0.3) is 0 Å². The van der Waals surface area contributed by atoms with Crippen LogP contribution in [0.1, 0.15) is 35.4 Å². The number of hydrogen-bond acceptors (Lipinski definition) is 3. The molecule has 0 aliphatic carbocycles. The molecule has 0 bridgehead atoms. The van der Waals surface area contributed by atoms with Gasteiger partial charge in [0, 0.05) is 27.6 Å². The van der Waals surface area contributed by atoms with E-state index in [2.05, 4.69) is 0 Å². The number of nitrogens with zero attached hydrogens (tertiary/aromatic N) is 2. The van der Waals surface area contributed by atoms with E-state index in [0.29, 0.717) is 22.0 Å². The van der Waals surface area contributed by atoms with Crippen LogP contribution in [0.3, 0.4) is 0 Å². The van der Waals surface area contributed by atoms with Gasteiger partial charge in [0.15, 0.2) is 0 Å². The number of halogens is 3. The van der Waals surface area contributed by atoms with E-state index in [4.69, 9.17) is 33.0 Å². The summed E-state index contributed by atoms with van der Waals surface area (Å²) >= 11 is 12.3. The summed E-state index contributed by atoms with van der Waals surface area (Å²) in [5.41, 5.74) is 3.62. The van der Waals surface area contributed by atoms with Gasteiger partial charge in [-0.25, -0.2) is 9.40 Å². The Morgan fingerprint density at radius 2 is 1.75 bits per heavy atom. The van der Waals surface area contributed by atoms with Crippen molar-refractivity contribution in [3.05, 3.63) is 99.3 Å². The van der Waals surface area contributed by atoms with Crippen LogP contribution in [0.4, 0.5) is 4.39 Å². The minimum atomic E-state index is -0.515. The molecule has 5 rings (SSSR count). The van der Waals surface area contributed by atoms with Gasteiger partial charge in [0.05, 0.1) is 11.8 Å². The van der Waals surface area contributed by atoms with Crippen LogP contribution in [0.15, 0.2) is 71.8 Å². The Morgan fingerprint density at radius 3 is 2.54 bits per heavy atom. The molecule has 0 saturated carbocycles. The quantitative estimate of drug-likeness (QED) is 0.487. The van der Waals surface area contributed by atoms with Crippen molar-refractivity contribution >= 4 is 28.9 Å². The van der Waals surface area contributed by atoms with Gasteiger partial charge in [-0.2, -0.15) is 5.10 Å². The molecule has 28 heavy (non-hydrogen) atoms. The maximum absolute atomic E-state index is 13.9. The molecular formula is C22H15Cl2FN2O. The first-order valence-electron chi connectivity index (χ1n) is 8.92. The van der Waals surface area contributed by atoms with E-state index in [1.807, 2.05) is 47.5 Å². The van der Waals surface area contributed by atoms with Crippen molar-refractivity contribution in [2.75, 3.05) is 0 Å². The van der Waals surface area contributed by atoms with Crippen molar-refractivity contribution in [3.8, 4) is 5.75 Å². The standard InChI is InChI=1S/C22H15Cl2FN2O/c23-15-6-4-13(5-7-15)19-12-20-18-11-16(24)8-9-21(18)28-22(27(20)26-19)14-2-1-3-17(25)10-14/h1-11,20,22H,12H2/t20-,22-/m0/s1. The Labute approximate surface area is 172 Å². The lowest BCUT2D eigenvalue weighted by atomic mass is 9.96. The van der Waals surface area contributed by atoms with Gasteiger partial charge in [-0.05, 0) is 48.0 Å². The molecule has 0 unspecified atom stereocenters. The van der Waals surface area contributed by atoms with Crippen molar-refractivity contribution < 1.29 is 9.13 Å². The Morgan fingerprint density at radius 1 is 0.964 bits per heavy atom. The minimum absolute atomic E-state index is 0.0404. The number of fused-ring (bicyclic) bond motifs is 3. The predicted octanol–water partition coefficient (Wildman–Crippen LogP) is 6.37. The number of hydrogen-bond donors (Lipinski definition) is 0. The third-order valence-corrected chi connectivity index (χ3v) is 5.55. The van der Waals surface area contributed by atoms with Crippen molar-refractivity contribution in [1.29, 1.82) is 0 Å². The summed E-state index contributed by atoms with van der Waals surface area (Å²) in [4.78, 5) is 0. The van der Waals surface area contributed by atoms with E-state index in [9.17, 15) is 4.39 Å². The smallest absolute Gasteiger partial charge is 0.213 e. The molecule has 2 aliphatic heterocycles. The number of ether oxygens (including phenoxy) is 1. The van der Waals surface area contributed by atoms with Crippen LogP contribution < -0.4 is 4.74 Å². The highest BCUT2D eigenvalue weighted by molar-refractivity contribution is 6.31. The summed E-state index contributed by atoms with van der Waals surface area (Å²) < 4.78 is 20.1. The first-order valence-corrected chi connectivity index (χ1v) is 9.67. The molecule has 0 spiro atoms. The predicted molar refractivity (Wildman–Crippen MR) is 108 cm³/mol. The number of hydrazone groups is 1. The average molecular weight is 413 g/mol. The molecular weight excluding hydrogens is 398 g/mol. The highest BCUT2D eigenvalue weighted by Crippen LogP contribution is 2.48. The van der Waals surface area contributed by atoms with Crippen LogP contribution in [-0.2, 0) is 0 Å². The maximum atomic E-state index is 13.9. The molecule has 0 amide bonds. The molecule has 2 aliphatic rings. The summed E-state index contributed by atoms with van der Waals surface area (Å²) in [5, 5.41) is 8.07. The highest BCUT2D eigenvalue weighted by Gasteiger charge is 2.41. The van der Waals surface area contributed by atoms with Gasteiger partial charge in [-0.3, -0.25) is 0 Å². The van der Waals surface area contributed by atoms with Gasteiger partial charge in [0.2, 0.25) is 6.23 Å². The summed E-state index contributed by atoms with van der Waals surface area (Å²) in [7, 11) is 0. The van der Waals surface area contributed by atoms with Gasteiger partial charge in [-0.15, -0.1) is 0 Å². The SMILES string of the molecule is Fc1cccc([C@@H]2Oc3ccc(Cl)cc3[C@@H]3CC(c4ccc(Cl)cc4)=NN32)c1. The van der Waals surface area contributed by atoms with Gasteiger partial charge in [0.25, 0.3) is 0 Å². The van der Waals surface area contributed by atoms with Gasteiger partial charge in [0.1, 0.15) is 11.6 Å². The molecule has 3 nitrogen and oxygen atoms in total. The molecule has 2 atom stereocenters. The molecule has 0 radical (unpaired) electrons. The Kier molecular flexibility index (Phi) is 4.26.